The number of carbonyl (C=O) groups is 1. The molecular formula is C17H28IN5O. The van der Waals surface area contributed by atoms with Crippen LogP contribution >= 0.6 is 24.0 Å². The van der Waals surface area contributed by atoms with Crippen LogP contribution in [0.1, 0.15) is 19.8 Å². The lowest BCUT2D eigenvalue weighted by Crippen LogP contribution is -2.49. The van der Waals surface area contributed by atoms with Crippen molar-refractivity contribution in [2.24, 2.45) is 10.7 Å². The smallest absolute Gasteiger partial charge is 0.224 e. The Morgan fingerprint density at radius 2 is 1.88 bits per heavy atom. The molecule has 0 unspecified atom stereocenters. The van der Waals surface area contributed by atoms with Crippen LogP contribution in [0.2, 0.25) is 0 Å². The molecule has 1 amide bonds. The molecule has 1 aromatic carbocycles. The summed E-state index contributed by atoms with van der Waals surface area (Å²) in [5.74, 6) is 0.599. The highest BCUT2D eigenvalue weighted by Gasteiger charge is 2.20. The number of benzene rings is 1. The molecule has 1 aliphatic rings. The molecule has 0 atom stereocenters. The number of aliphatic imine (C=N–C) groups is 1. The summed E-state index contributed by atoms with van der Waals surface area (Å²) >= 11 is 0. The number of halogens is 1. The number of nitrogens with zero attached hydrogens (tertiary/aromatic N) is 3. The fourth-order valence-corrected chi connectivity index (χ4v) is 2.60. The van der Waals surface area contributed by atoms with Crippen molar-refractivity contribution in [3.05, 3.63) is 30.3 Å². The zero-order chi connectivity index (χ0) is 16.5. The van der Waals surface area contributed by atoms with Crippen LogP contribution in [-0.4, -0.2) is 56.0 Å². The third-order valence-electron chi connectivity index (χ3n) is 3.90. The molecule has 0 aliphatic carbocycles. The zero-order valence-electron chi connectivity index (χ0n) is 14.3. The van der Waals surface area contributed by atoms with Gasteiger partial charge in [-0.15, -0.1) is 24.0 Å². The number of hydrogen-bond acceptors (Lipinski definition) is 3. The number of nitrogens with one attached hydrogen (secondary N) is 1. The Morgan fingerprint density at radius 1 is 1.21 bits per heavy atom. The molecule has 1 aliphatic heterocycles. The summed E-state index contributed by atoms with van der Waals surface area (Å²) in [6.45, 7) is 6.60. The summed E-state index contributed by atoms with van der Waals surface area (Å²) in [6.07, 6.45) is 1.42. The van der Waals surface area contributed by atoms with Crippen molar-refractivity contribution in [1.29, 1.82) is 0 Å². The first kappa shape index (κ1) is 20.5. The Balaban J connectivity index is 0.00000288. The normalized spacial score (nSPS) is 15.0. The third kappa shape index (κ3) is 6.54. The van der Waals surface area contributed by atoms with Gasteiger partial charge >= 0.3 is 0 Å². The van der Waals surface area contributed by atoms with E-state index in [4.69, 9.17) is 5.73 Å². The first-order valence-electron chi connectivity index (χ1n) is 8.32. The summed E-state index contributed by atoms with van der Waals surface area (Å²) in [7, 11) is 0. The minimum Gasteiger partial charge on any atom is -0.370 e. The van der Waals surface area contributed by atoms with Gasteiger partial charge in [0, 0.05) is 51.4 Å². The van der Waals surface area contributed by atoms with Crippen LogP contribution in [0.3, 0.4) is 0 Å². The van der Waals surface area contributed by atoms with Crippen LogP contribution < -0.4 is 16.0 Å². The van der Waals surface area contributed by atoms with Crippen LogP contribution in [0.15, 0.2) is 35.3 Å². The van der Waals surface area contributed by atoms with E-state index >= 15 is 0 Å². The van der Waals surface area contributed by atoms with Crippen LogP contribution in [-0.2, 0) is 4.79 Å². The van der Waals surface area contributed by atoms with Crippen molar-refractivity contribution < 1.29 is 4.79 Å². The number of para-hydroxylation sites is 1. The molecule has 1 aromatic rings. The molecule has 1 fully saturated rings. The topological polar surface area (TPSA) is 74.0 Å². The van der Waals surface area contributed by atoms with Gasteiger partial charge in [-0.2, -0.15) is 0 Å². The lowest BCUT2D eigenvalue weighted by atomic mass is 10.2. The van der Waals surface area contributed by atoms with Crippen molar-refractivity contribution in [3.63, 3.8) is 0 Å². The number of guanidine groups is 1. The molecule has 134 valence electrons. The number of anilines is 1. The molecule has 0 aromatic heterocycles. The quantitative estimate of drug-likeness (QED) is 0.397. The Kier molecular flexibility index (Phi) is 9.51. The highest BCUT2D eigenvalue weighted by Crippen LogP contribution is 2.15. The molecule has 3 N–H and O–H groups in total. The molecule has 1 saturated heterocycles. The summed E-state index contributed by atoms with van der Waals surface area (Å²) in [5.41, 5.74) is 6.94. The minimum absolute atomic E-state index is 0. The average molecular weight is 445 g/mol. The van der Waals surface area contributed by atoms with E-state index in [1.807, 2.05) is 23.1 Å². The van der Waals surface area contributed by atoms with E-state index in [0.29, 0.717) is 25.5 Å². The molecule has 7 heteroatoms. The largest absolute Gasteiger partial charge is 0.370 e. The highest BCUT2D eigenvalue weighted by molar-refractivity contribution is 14.0. The number of carbonyl (C=O) groups excluding carboxylic acids is 1. The standard InChI is InChI=1S/C17H27N5O.HI/c1-2-9-19-17(18)20-10-8-16(23)22-13-11-21(12-14-22)15-6-4-3-5-7-15;/h3-7H,2,8-14H2,1H3,(H3,18,19,20);1H. The van der Waals surface area contributed by atoms with Crippen molar-refractivity contribution in [3.8, 4) is 0 Å². The fraction of sp³-hybridized carbons (Fsp3) is 0.529. The SMILES string of the molecule is CCCN=C(N)NCCC(=O)N1CCN(c2ccccc2)CC1.I. The number of hydrogen-bond donors (Lipinski definition) is 2. The van der Waals surface area contributed by atoms with Gasteiger partial charge in [0.05, 0.1) is 0 Å². The van der Waals surface area contributed by atoms with E-state index < -0.39 is 0 Å². The average Bonchev–Trinajstić information content (AvgIpc) is 2.60. The number of piperazine rings is 1. The van der Waals surface area contributed by atoms with Crippen LogP contribution in [0.25, 0.3) is 0 Å². The summed E-state index contributed by atoms with van der Waals surface area (Å²) < 4.78 is 0. The van der Waals surface area contributed by atoms with Gasteiger partial charge in [-0.05, 0) is 18.6 Å². The van der Waals surface area contributed by atoms with Gasteiger partial charge in [-0.25, -0.2) is 0 Å². The third-order valence-corrected chi connectivity index (χ3v) is 3.90. The predicted octanol–water partition coefficient (Wildman–Crippen LogP) is 1.66. The molecule has 0 spiro atoms. The maximum atomic E-state index is 12.2. The van der Waals surface area contributed by atoms with Crippen molar-refractivity contribution in [2.45, 2.75) is 19.8 Å². The molecular weight excluding hydrogens is 417 g/mol. The molecule has 0 saturated carbocycles. The Labute approximate surface area is 161 Å². The van der Waals surface area contributed by atoms with Gasteiger partial charge in [0.15, 0.2) is 5.96 Å². The summed E-state index contributed by atoms with van der Waals surface area (Å²) in [6, 6.07) is 10.3. The maximum absolute atomic E-state index is 12.2. The number of rotatable bonds is 6. The van der Waals surface area contributed by atoms with Gasteiger partial charge in [-0.1, -0.05) is 25.1 Å². The van der Waals surface area contributed by atoms with Crippen LogP contribution in [0.4, 0.5) is 5.69 Å². The summed E-state index contributed by atoms with van der Waals surface area (Å²) in [5, 5.41) is 2.99. The number of amides is 1. The second kappa shape index (κ2) is 11.1. The molecule has 6 nitrogen and oxygen atoms in total. The first-order valence-corrected chi connectivity index (χ1v) is 8.32. The van der Waals surface area contributed by atoms with Crippen molar-refractivity contribution >= 4 is 41.5 Å². The van der Waals surface area contributed by atoms with E-state index in [-0.39, 0.29) is 29.9 Å². The van der Waals surface area contributed by atoms with E-state index in [9.17, 15) is 4.79 Å². The highest BCUT2D eigenvalue weighted by atomic mass is 127. The van der Waals surface area contributed by atoms with Gasteiger partial charge in [-0.3, -0.25) is 9.79 Å². The van der Waals surface area contributed by atoms with Gasteiger partial charge in [0.2, 0.25) is 5.91 Å². The van der Waals surface area contributed by atoms with Gasteiger partial charge in [0.1, 0.15) is 0 Å². The van der Waals surface area contributed by atoms with E-state index in [1.165, 1.54) is 5.69 Å². The zero-order valence-corrected chi connectivity index (χ0v) is 16.6. The first-order chi connectivity index (χ1) is 11.2. The lowest BCUT2D eigenvalue weighted by Gasteiger charge is -2.36. The second-order valence-electron chi connectivity index (χ2n) is 5.65. The van der Waals surface area contributed by atoms with Crippen molar-refractivity contribution in [2.75, 3.05) is 44.2 Å². The van der Waals surface area contributed by atoms with E-state index in [0.717, 1.165) is 32.6 Å². The Hall–Kier alpha value is -1.51. The predicted molar refractivity (Wildman–Crippen MR) is 110 cm³/mol. The van der Waals surface area contributed by atoms with Crippen LogP contribution in [0.5, 0.6) is 0 Å². The molecule has 1 heterocycles. The van der Waals surface area contributed by atoms with Gasteiger partial charge in [0.25, 0.3) is 0 Å². The molecule has 2 rings (SSSR count). The van der Waals surface area contributed by atoms with Crippen LogP contribution in [0, 0.1) is 0 Å². The number of nitrogens with two attached hydrogens (primary N) is 1. The van der Waals surface area contributed by atoms with Crippen molar-refractivity contribution in [1.82, 2.24) is 10.2 Å². The Bertz CT molecular complexity index is 515. The molecule has 0 bridgehead atoms. The van der Waals surface area contributed by atoms with Gasteiger partial charge < -0.3 is 20.9 Å². The monoisotopic (exact) mass is 445 g/mol. The van der Waals surface area contributed by atoms with E-state index in [2.05, 4.69) is 34.3 Å². The molecule has 24 heavy (non-hydrogen) atoms. The lowest BCUT2D eigenvalue weighted by molar-refractivity contribution is -0.131. The molecule has 0 radical (unpaired) electrons. The second-order valence-corrected chi connectivity index (χ2v) is 5.65. The fourth-order valence-electron chi connectivity index (χ4n) is 2.60. The minimum atomic E-state index is 0. The Morgan fingerprint density at radius 3 is 2.50 bits per heavy atom. The van der Waals surface area contributed by atoms with E-state index in [1.54, 1.807) is 0 Å². The maximum Gasteiger partial charge on any atom is 0.224 e. The summed E-state index contributed by atoms with van der Waals surface area (Å²) in [4.78, 5) is 20.6.